The molecule has 2 N–H and O–H groups in total. The minimum absolute atomic E-state index is 0.302. The summed E-state index contributed by atoms with van der Waals surface area (Å²) in [7, 11) is 9.64. The van der Waals surface area contributed by atoms with Gasteiger partial charge < -0.3 is 29.7 Å². The lowest BCUT2D eigenvalue weighted by Crippen LogP contribution is -2.29. The molecular formula is C28H32BrN7O2. The van der Waals surface area contributed by atoms with Crippen LogP contribution in [0.4, 0.5) is 23.0 Å². The molecule has 4 rings (SSSR count). The lowest BCUT2D eigenvalue weighted by molar-refractivity contribution is -0.111. The molecule has 0 aliphatic heterocycles. The second kappa shape index (κ2) is 11.7. The Kier molecular flexibility index (Phi) is 8.33. The molecule has 2 aromatic carbocycles. The number of hydrogen-bond donors (Lipinski definition) is 2. The van der Waals surface area contributed by atoms with Gasteiger partial charge in [0, 0.05) is 66.6 Å². The summed E-state index contributed by atoms with van der Waals surface area (Å²) in [6.45, 7) is 5.19. The zero-order chi connectivity index (χ0) is 27.4. The number of carbonyl (C=O) groups excluding carboxylic acids is 1. The fourth-order valence-electron chi connectivity index (χ4n) is 4.16. The van der Waals surface area contributed by atoms with Gasteiger partial charge in [-0.3, -0.25) is 4.79 Å². The molecule has 0 atom stereocenters. The van der Waals surface area contributed by atoms with E-state index >= 15 is 0 Å². The van der Waals surface area contributed by atoms with Gasteiger partial charge in [0.05, 0.1) is 29.9 Å². The molecule has 10 heteroatoms. The first-order valence-electron chi connectivity index (χ1n) is 12.1. The zero-order valence-corrected chi connectivity index (χ0v) is 23.8. The number of rotatable bonds is 10. The third-order valence-electron chi connectivity index (χ3n) is 6.18. The highest BCUT2D eigenvalue weighted by Gasteiger charge is 2.17. The van der Waals surface area contributed by atoms with Gasteiger partial charge in [0.25, 0.3) is 0 Å². The molecule has 0 aliphatic carbocycles. The summed E-state index contributed by atoms with van der Waals surface area (Å²) in [6.07, 6.45) is 5.03. The number of anilines is 4. The summed E-state index contributed by atoms with van der Waals surface area (Å²) >= 11 is 3.57. The number of aryl methyl sites for hydroxylation is 1. The Morgan fingerprint density at radius 3 is 2.66 bits per heavy atom. The number of likely N-dealkylation sites (N-methyl/N-ethyl adjacent to an activating group) is 2. The Bertz CT molecular complexity index is 1480. The summed E-state index contributed by atoms with van der Waals surface area (Å²) in [5.74, 6) is 0.697. The highest BCUT2D eigenvalue weighted by atomic mass is 79.9. The Hall–Kier alpha value is -3.89. The van der Waals surface area contributed by atoms with E-state index in [1.807, 2.05) is 52.5 Å². The predicted octanol–water partition coefficient (Wildman–Crippen LogP) is 5.27. The maximum atomic E-state index is 12.2. The number of aromatic nitrogens is 3. The zero-order valence-electron chi connectivity index (χ0n) is 22.2. The quantitative estimate of drug-likeness (QED) is 0.248. The van der Waals surface area contributed by atoms with E-state index in [0.717, 1.165) is 45.4 Å². The number of nitrogens with zero attached hydrogens (tertiary/aromatic N) is 5. The fraction of sp³-hybridized carbons (Fsp3) is 0.250. The summed E-state index contributed by atoms with van der Waals surface area (Å²) in [6, 6.07) is 11.8. The number of benzene rings is 2. The number of halogens is 1. The first-order chi connectivity index (χ1) is 18.2. The van der Waals surface area contributed by atoms with Crippen molar-refractivity contribution in [3.63, 3.8) is 0 Å². The molecule has 0 aliphatic rings. The van der Waals surface area contributed by atoms with E-state index in [1.54, 1.807) is 13.3 Å². The average Bonchev–Trinajstić information content (AvgIpc) is 3.22. The molecule has 0 spiro atoms. The van der Waals surface area contributed by atoms with Gasteiger partial charge in [-0.1, -0.05) is 22.5 Å². The molecule has 0 saturated heterocycles. The summed E-state index contributed by atoms with van der Waals surface area (Å²) < 4.78 is 8.79. The van der Waals surface area contributed by atoms with Crippen LogP contribution in [-0.4, -0.2) is 66.7 Å². The largest absolute Gasteiger partial charge is 0.494 e. The molecule has 0 saturated carbocycles. The van der Waals surface area contributed by atoms with Crippen LogP contribution in [0.3, 0.4) is 0 Å². The highest BCUT2D eigenvalue weighted by Crippen LogP contribution is 2.38. The van der Waals surface area contributed by atoms with E-state index in [1.165, 1.54) is 6.08 Å². The van der Waals surface area contributed by atoms with Crippen molar-refractivity contribution in [1.82, 2.24) is 19.4 Å². The van der Waals surface area contributed by atoms with Crippen molar-refractivity contribution in [1.29, 1.82) is 0 Å². The smallest absolute Gasteiger partial charge is 0.247 e. The minimum atomic E-state index is -0.302. The van der Waals surface area contributed by atoms with Gasteiger partial charge in [0.1, 0.15) is 5.75 Å². The first kappa shape index (κ1) is 27.2. The number of nitrogens with one attached hydrogen (secondary N) is 2. The van der Waals surface area contributed by atoms with E-state index < -0.39 is 0 Å². The lowest BCUT2D eigenvalue weighted by Gasteiger charge is -2.26. The van der Waals surface area contributed by atoms with Gasteiger partial charge >= 0.3 is 0 Å². The molecule has 38 heavy (non-hydrogen) atoms. The van der Waals surface area contributed by atoms with Gasteiger partial charge in [-0.2, -0.15) is 0 Å². The van der Waals surface area contributed by atoms with Crippen LogP contribution in [0.1, 0.15) is 0 Å². The van der Waals surface area contributed by atoms with Crippen LogP contribution in [0.15, 0.2) is 65.9 Å². The van der Waals surface area contributed by atoms with Crippen LogP contribution in [-0.2, 0) is 11.8 Å². The van der Waals surface area contributed by atoms with E-state index in [2.05, 4.69) is 70.8 Å². The van der Waals surface area contributed by atoms with Crippen molar-refractivity contribution < 1.29 is 9.53 Å². The molecule has 0 unspecified atom stereocenters. The average molecular weight is 579 g/mol. The standard InChI is InChI=1S/C28H32BrN7O2/c1-7-27(37)31-22-15-23(26(38-6)16-25(22)35(4)13-12-34(2)3)33-28-30-11-10-21(32-28)20-17-36(5)24-9-8-18(29)14-19(20)24/h7-11,14-17H,1,12-13H2,2-6H3,(H,31,37)(H,30,32,33). The maximum Gasteiger partial charge on any atom is 0.247 e. The SMILES string of the molecule is C=CC(=O)Nc1cc(Nc2nccc(-c3cn(C)c4ccc(Br)cc34)n2)c(OC)cc1N(C)CCN(C)C. The normalized spacial score (nSPS) is 11.0. The molecule has 4 aromatic rings. The van der Waals surface area contributed by atoms with E-state index in [-0.39, 0.29) is 5.91 Å². The number of methoxy groups -OCH3 is 1. The summed E-state index contributed by atoms with van der Waals surface area (Å²) in [5, 5.41) is 7.28. The third kappa shape index (κ3) is 5.98. The van der Waals surface area contributed by atoms with Crippen molar-refractivity contribution >= 4 is 55.8 Å². The van der Waals surface area contributed by atoms with E-state index in [4.69, 9.17) is 9.72 Å². The Labute approximate surface area is 231 Å². The second-order valence-corrected chi connectivity index (χ2v) is 10.1. The fourth-order valence-corrected chi connectivity index (χ4v) is 4.52. The predicted molar refractivity (Wildman–Crippen MR) is 159 cm³/mol. The third-order valence-corrected chi connectivity index (χ3v) is 6.68. The van der Waals surface area contributed by atoms with Crippen molar-refractivity contribution in [2.45, 2.75) is 0 Å². The molecular weight excluding hydrogens is 546 g/mol. The first-order valence-corrected chi connectivity index (χ1v) is 12.9. The summed E-state index contributed by atoms with van der Waals surface area (Å²) in [5.41, 5.74) is 4.95. The van der Waals surface area contributed by atoms with Crippen LogP contribution in [0.5, 0.6) is 5.75 Å². The van der Waals surface area contributed by atoms with E-state index in [0.29, 0.717) is 23.1 Å². The van der Waals surface area contributed by atoms with Crippen molar-refractivity contribution in [3.8, 4) is 17.0 Å². The Morgan fingerprint density at radius 2 is 1.95 bits per heavy atom. The van der Waals surface area contributed by atoms with Gasteiger partial charge in [-0.25, -0.2) is 9.97 Å². The Morgan fingerprint density at radius 1 is 1.16 bits per heavy atom. The topological polar surface area (TPSA) is 87.5 Å². The molecule has 9 nitrogen and oxygen atoms in total. The highest BCUT2D eigenvalue weighted by molar-refractivity contribution is 9.10. The molecule has 0 bridgehead atoms. The van der Waals surface area contributed by atoms with Crippen molar-refractivity contribution in [2.75, 3.05) is 56.9 Å². The number of fused-ring (bicyclic) bond motifs is 1. The molecule has 198 valence electrons. The monoisotopic (exact) mass is 577 g/mol. The second-order valence-electron chi connectivity index (χ2n) is 9.19. The van der Waals surface area contributed by atoms with Crippen LogP contribution in [0.25, 0.3) is 22.2 Å². The molecule has 1 amide bonds. The van der Waals surface area contributed by atoms with Gasteiger partial charge in [0.2, 0.25) is 11.9 Å². The number of hydrogen-bond acceptors (Lipinski definition) is 7. The summed E-state index contributed by atoms with van der Waals surface area (Å²) in [4.78, 5) is 25.6. The number of amides is 1. The van der Waals surface area contributed by atoms with Crippen molar-refractivity contribution in [3.05, 3.63) is 65.9 Å². The van der Waals surface area contributed by atoms with Crippen LogP contribution in [0.2, 0.25) is 0 Å². The number of carbonyl (C=O) groups is 1. The van der Waals surface area contributed by atoms with Crippen molar-refractivity contribution in [2.24, 2.45) is 7.05 Å². The van der Waals surface area contributed by atoms with Crippen LogP contribution in [0, 0.1) is 0 Å². The maximum absolute atomic E-state index is 12.2. The molecule has 2 heterocycles. The van der Waals surface area contributed by atoms with E-state index in [9.17, 15) is 4.79 Å². The van der Waals surface area contributed by atoms with Gasteiger partial charge in [-0.15, -0.1) is 0 Å². The van der Waals surface area contributed by atoms with Crippen LogP contribution >= 0.6 is 15.9 Å². The lowest BCUT2D eigenvalue weighted by atomic mass is 10.1. The molecule has 2 aromatic heterocycles. The van der Waals surface area contributed by atoms with Gasteiger partial charge in [-0.05, 0) is 50.5 Å². The molecule has 0 radical (unpaired) electrons. The minimum Gasteiger partial charge on any atom is -0.494 e. The van der Waals surface area contributed by atoms with Crippen LogP contribution < -0.4 is 20.3 Å². The Balaban J connectivity index is 1.72. The molecule has 0 fully saturated rings. The van der Waals surface area contributed by atoms with Gasteiger partial charge in [0.15, 0.2) is 0 Å². The number of ether oxygens (including phenoxy) is 1.